The van der Waals surface area contributed by atoms with E-state index in [1.165, 1.54) is 18.3 Å². The first kappa shape index (κ1) is 12.6. The van der Waals surface area contributed by atoms with Crippen molar-refractivity contribution in [1.82, 2.24) is 0 Å². The van der Waals surface area contributed by atoms with Gasteiger partial charge in [-0.25, -0.2) is 0 Å². The summed E-state index contributed by atoms with van der Waals surface area (Å²) in [7, 11) is 0. The van der Waals surface area contributed by atoms with Crippen molar-refractivity contribution in [3.8, 4) is 0 Å². The number of rotatable bonds is 3. The second kappa shape index (κ2) is 5.67. The fraction of sp³-hybridized carbons (Fsp3) is 0.250. The lowest BCUT2D eigenvalue weighted by Gasteiger charge is -2.02. The number of hydrogen-bond donors (Lipinski definition) is 0. The molecular formula is C16H18I+. The average molecular weight is 337 g/mol. The van der Waals surface area contributed by atoms with Gasteiger partial charge in [0.25, 0.3) is 0 Å². The van der Waals surface area contributed by atoms with Gasteiger partial charge in [0, 0.05) is 0 Å². The second-order valence-corrected chi connectivity index (χ2v) is 7.63. The Kier molecular flexibility index (Phi) is 4.21. The van der Waals surface area contributed by atoms with Crippen molar-refractivity contribution in [2.24, 2.45) is 0 Å². The summed E-state index contributed by atoms with van der Waals surface area (Å²) in [6.07, 6.45) is 0. The van der Waals surface area contributed by atoms with E-state index in [0.29, 0.717) is 5.92 Å². The third-order valence-corrected chi connectivity index (χ3v) is 5.37. The molecule has 2 aromatic rings. The summed E-state index contributed by atoms with van der Waals surface area (Å²) in [4.78, 5) is 0. The fourth-order valence-corrected chi connectivity index (χ4v) is 4.17. The average Bonchev–Trinajstić information content (AvgIpc) is 2.29. The van der Waals surface area contributed by atoms with Crippen LogP contribution in [0.2, 0.25) is 0 Å². The lowest BCUT2D eigenvalue weighted by Crippen LogP contribution is -3.61. The van der Waals surface area contributed by atoms with E-state index in [4.69, 9.17) is 0 Å². The molecule has 0 aliphatic heterocycles. The predicted octanol–water partition coefficient (Wildman–Crippen LogP) is 1.25. The third kappa shape index (κ3) is 3.56. The Morgan fingerprint density at radius 1 is 0.882 bits per heavy atom. The highest BCUT2D eigenvalue weighted by molar-refractivity contribution is 5.18. The first-order valence-electron chi connectivity index (χ1n) is 5.96. The molecule has 0 aliphatic carbocycles. The predicted molar refractivity (Wildman–Crippen MR) is 69.1 cm³/mol. The molecule has 88 valence electrons. The maximum atomic E-state index is 2.31. The Hall–Kier alpha value is -0.830. The zero-order chi connectivity index (χ0) is 12.3. The molecule has 0 N–H and O–H groups in total. The number of benzene rings is 2. The molecular weight excluding hydrogens is 319 g/mol. The topological polar surface area (TPSA) is 0 Å². The van der Waals surface area contributed by atoms with Crippen LogP contribution in [0.5, 0.6) is 0 Å². The van der Waals surface area contributed by atoms with E-state index in [1.54, 1.807) is 0 Å². The minimum Gasteiger partial charge on any atom is -0.0590 e. The van der Waals surface area contributed by atoms with Crippen LogP contribution in [0, 0.1) is 14.1 Å². The summed E-state index contributed by atoms with van der Waals surface area (Å²) < 4.78 is 3.00. The highest BCUT2D eigenvalue weighted by Crippen LogP contribution is 2.12. The van der Waals surface area contributed by atoms with Gasteiger partial charge in [-0.1, -0.05) is 38.1 Å². The molecule has 0 radical (unpaired) electrons. The van der Waals surface area contributed by atoms with Gasteiger partial charge in [-0.15, -0.1) is 0 Å². The van der Waals surface area contributed by atoms with Gasteiger partial charge < -0.3 is 0 Å². The molecule has 0 fully saturated rings. The Balaban J connectivity index is 2.14. The van der Waals surface area contributed by atoms with E-state index in [2.05, 4.69) is 69.3 Å². The maximum Gasteiger partial charge on any atom is 0.357 e. The van der Waals surface area contributed by atoms with Crippen LogP contribution in [0.1, 0.15) is 30.9 Å². The summed E-state index contributed by atoms with van der Waals surface area (Å²) in [5.41, 5.74) is 2.79. The quantitative estimate of drug-likeness (QED) is 0.740. The van der Waals surface area contributed by atoms with Gasteiger partial charge in [-0.2, -0.15) is 0 Å². The Morgan fingerprint density at radius 2 is 1.59 bits per heavy atom. The Morgan fingerprint density at radius 3 is 2.18 bits per heavy atom. The first-order chi connectivity index (χ1) is 8.15. The third-order valence-electron chi connectivity index (χ3n) is 2.74. The van der Waals surface area contributed by atoms with E-state index in [1.807, 2.05) is 0 Å². The minimum absolute atomic E-state index is 0.0207. The molecule has 0 saturated carbocycles. The Labute approximate surface area is 114 Å². The molecule has 0 nitrogen and oxygen atoms in total. The van der Waals surface area contributed by atoms with Crippen LogP contribution < -0.4 is 21.2 Å². The minimum atomic E-state index is -0.0207. The van der Waals surface area contributed by atoms with Crippen LogP contribution in [0.15, 0.2) is 48.5 Å². The summed E-state index contributed by atoms with van der Waals surface area (Å²) in [6, 6.07) is 18.0. The fourth-order valence-electron chi connectivity index (χ4n) is 1.70. The van der Waals surface area contributed by atoms with Gasteiger partial charge >= 0.3 is 21.2 Å². The van der Waals surface area contributed by atoms with Gasteiger partial charge in [0.1, 0.15) is 0 Å². The lowest BCUT2D eigenvalue weighted by molar-refractivity contribution is -0.597. The van der Waals surface area contributed by atoms with Crippen molar-refractivity contribution >= 4 is 0 Å². The van der Waals surface area contributed by atoms with Crippen LogP contribution >= 0.6 is 0 Å². The first-order valence-corrected chi connectivity index (χ1v) is 8.12. The van der Waals surface area contributed by atoms with Gasteiger partial charge in [-0.3, -0.25) is 0 Å². The van der Waals surface area contributed by atoms with Crippen molar-refractivity contribution in [3.05, 3.63) is 66.8 Å². The zero-order valence-corrected chi connectivity index (χ0v) is 12.7. The van der Waals surface area contributed by atoms with Gasteiger partial charge in [0.05, 0.1) is 0 Å². The Bertz CT molecular complexity index is 483. The maximum absolute atomic E-state index is 2.31. The van der Waals surface area contributed by atoms with E-state index >= 15 is 0 Å². The van der Waals surface area contributed by atoms with Crippen LogP contribution in [-0.4, -0.2) is 0 Å². The van der Waals surface area contributed by atoms with Gasteiger partial charge in [-0.05, 0) is 48.2 Å². The molecule has 0 unspecified atom stereocenters. The molecule has 0 aliphatic rings. The SMILES string of the molecule is Cc1cccc([I+]c2ccc(C(C)C)cc2)c1. The smallest absolute Gasteiger partial charge is 0.0590 e. The highest BCUT2D eigenvalue weighted by Gasteiger charge is 2.15. The van der Waals surface area contributed by atoms with Crippen molar-refractivity contribution in [1.29, 1.82) is 0 Å². The van der Waals surface area contributed by atoms with Crippen LogP contribution in [0.3, 0.4) is 0 Å². The second-order valence-electron chi connectivity index (χ2n) is 4.60. The van der Waals surface area contributed by atoms with Crippen LogP contribution in [-0.2, 0) is 0 Å². The molecule has 17 heavy (non-hydrogen) atoms. The molecule has 2 rings (SSSR count). The van der Waals surface area contributed by atoms with Gasteiger partial charge in [0.15, 0.2) is 7.14 Å². The normalized spacial score (nSPS) is 10.8. The molecule has 2 aromatic carbocycles. The van der Waals surface area contributed by atoms with Gasteiger partial charge in [0.2, 0.25) is 0 Å². The van der Waals surface area contributed by atoms with Crippen LogP contribution in [0.4, 0.5) is 0 Å². The molecule has 0 aromatic heterocycles. The molecule has 0 heterocycles. The van der Waals surface area contributed by atoms with E-state index < -0.39 is 0 Å². The van der Waals surface area contributed by atoms with Crippen molar-refractivity contribution in [2.45, 2.75) is 26.7 Å². The molecule has 0 amide bonds. The number of aryl methyl sites for hydroxylation is 1. The number of hydrogen-bond acceptors (Lipinski definition) is 0. The van der Waals surface area contributed by atoms with E-state index in [-0.39, 0.29) is 21.2 Å². The lowest BCUT2D eigenvalue weighted by atomic mass is 10.0. The highest BCUT2D eigenvalue weighted by atomic mass is 127. The van der Waals surface area contributed by atoms with E-state index in [9.17, 15) is 0 Å². The van der Waals surface area contributed by atoms with Crippen molar-refractivity contribution in [2.75, 3.05) is 0 Å². The standard InChI is InChI=1S/C16H18I/c1-12(2)14-7-9-15(10-8-14)17-16-6-4-5-13(3)11-16/h4-12H,1-3H3/q+1. The number of halogens is 1. The monoisotopic (exact) mass is 337 g/mol. The summed E-state index contributed by atoms with van der Waals surface area (Å²) in [5.74, 6) is 0.626. The van der Waals surface area contributed by atoms with Crippen molar-refractivity contribution in [3.63, 3.8) is 0 Å². The van der Waals surface area contributed by atoms with E-state index in [0.717, 1.165) is 0 Å². The summed E-state index contributed by atoms with van der Waals surface area (Å²) in [5, 5.41) is 0. The van der Waals surface area contributed by atoms with Crippen LogP contribution in [0.25, 0.3) is 0 Å². The largest absolute Gasteiger partial charge is 0.357 e. The summed E-state index contributed by atoms with van der Waals surface area (Å²) in [6.45, 7) is 6.64. The molecule has 0 bridgehead atoms. The summed E-state index contributed by atoms with van der Waals surface area (Å²) >= 11 is -0.0207. The van der Waals surface area contributed by atoms with Crippen molar-refractivity contribution < 1.29 is 21.2 Å². The zero-order valence-electron chi connectivity index (χ0n) is 10.6. The molecule has 0 spiro atoms. The molecule has 1 heteroatoms. The molecule has 0 atom stereocenters. The molecule has 0 saturated heterocycles.